The summed E-state index contributed by atoms with van der Waals surface area (Å²) in [7, 11) is 0.872. The lowest BCUT2D eigenvalue weighted by Crippen LogP contribution is -2.34. The third-order valence-electron chi connectivity index (χ3n) is 2.76. The molecule has 2 N–H and O–H groups in total. The van der Waals surface area contributed by atoms with Crippen LogP contribution in [0.4, 0.5) is 18.9 Å². The summed E-state index contributed by atoms with van der Waals surface area (Å²) in [5.74, 6) is -2.00. The van der Waals surface area contributed by atoms with E-state index in [1.807, 2.05) is 0 Å². The van der Waals surface area contributed by atoms with Gasteiger partial charge < -0.3 is 15.2 Å². The van der Waals surface area contributed by atoms with Crippen LogP contribution in [0.15, 0.2) is 18.2 Å². The minimum Gasteiger partial charge on any atom is -0.478 e. The van der Waals surface area contributed by atoms with Gasteiger partial charge in [0.15, 0.2) is 6.10 Å². The lowest BCUT2D eigenvalue weighted by Gasteiger charge is -2.18. The molecule has 0 bridgehead atoms. The first-order valence-corrected chi connectivity index (χ1v) is 5.88. The van der Waals surface area contributed by atoms with Crippen LogP contribution in [0, 0.1) is 6.92 Å². The highest BCUT2D eigenvalue weighted by molar-refractivity contribution is 5.93. The van der Waals surface area contributed by atoms with E-state index in [0.717, 1.165) is 7.11 Å². The number of alkyl halides is 3. The van der Waals surface area contributed by atoms with Crippen molar-refractivity contribution in [2.75, 3.05) is 12.4 Å². The Hall–Kier alpha value is -2.09. The highest BCUT2D eigenvalue weighted by Crippen LogP contribution is 2.25. The lowest BCUT2D eigenvalue weighted by molar-refractivity contribution is -0.213. The molecule has 1 amide bonds. The van der Waals surface area contributed by atoms with E-state index in [-0.39, 0.29) is 11.3 Å². The summed E-state index contributed by atoms with van der Waals surface area (Å²) in [6.45, 7) is 1.52. The number of hydrogen-bond donors (Lipinski definition) is 2. The Labute approximate surface area is 118 Å². The van der Waals surface area contributed by atoms with Crippen molar-refractivity contribution in [1.82, 2.24) is 0 Å². The molecular formula is C13H14F3NO4. The van der Waals surface area contributed by atoms with Gasteiger partial charge in [-0.3, -0.25) is 4.79 Å². The predicted molar refractivity (Wildman–Crippen MR) is 68.2 cm³/mol. The number of anilines is 1. The first kappa shape index (κ1) is 17.0. The van der Waals surface area contributed by atoms with Crippen LogP contribution in [0.1, 0.15) is 22.3 Å². The summed E-state index contributed by atoms with van der Waals surface area (Å²) >= 11 is 0. The SMILES string of the molecule is COC(CC(=O)Nc1ccc(C(=O)O)c(C)c1)C(F)(F)F. The highest BCUT2D eigenvalue weighted by Gasteiger charge is 2.41. The molecule has 8 heteroatoms. The van der Waals surface area contributed by atoms with E-state index in [1.54, 1.807) is 0 Å². The molecular weight excluding hydrogens is 291 g/mol. The largest absolute Gasteiger partial charge is 0.478 e. The molecule has 0 aromatic heterocycles. The maximum absolute atomic E-state index is 12.5. The van der Waals surface area contributed by atoms with Crippen LogP contribution >= 0.6 is 0 Å². The number of carboxylic acid groups (broad SMARTS) is 1. The second-order valence-electron chi connectivity index (χ2n) is 4.35. The number of methoxy groups -OCH3 is 1. The van der Waals surface area contributed by atoms with E-state index in [1.165, 1.54) is 25.1 Å². The number of carbonyl (C=O) groups excluding carboxylic acids is 1. The van der Waals surface area contributed by atoms with E-state index in [0.29, 0.717) is 5.56 Å². The summed E-state index contributed by atoms with van der Waals surface area (Å²) in [4.78, 5) is 22.4. The van der Waals surface area contributed by atoms with Crippen LogP contribution in [0.3, 0.4) is 0 Å². The van der Waals surface area contributed by atoms with Crippen LogP contribution in [0.25, 0.3) is 0 Å². The van der Waals surface area contributed by atoms with Crippen molar-refractivity contribution in [2.45, 2.75) is 25.6 Å². The van der Waals surface area contributed by atoms with Crippen LogP contribution in [0.2, 0.25) is 0 Å². The topological polar surface area (TPSA) is 75.6 Å². The van der Waals surface area contributed by atoms with Crippen LogP contribution in [-0.4, -0.2) is 36.4 Å². The van der Waals surface area contributed by atoms with Crippen molar-refractivity contribution >= 4 is 17.6 Å². The smallest absolute Gasteiger partial charge is 0.415 e. The second-order valence-corrected chi connectivity index (χ2v) is 4.35. The number of nitrogens with one attached hydrogen (secondary N) is 1. The average Bonchev–Trinajstić information content (AvgIpc) is 2.34. The number of ether oxygens (including phenoxy) is 1. The Balaban J connectivity index is 2.75. The van der Waals surface area contributed by atoms with Crippen molar-refractivity contribution in [1.29, 1.82) is 0 Å². The Morgan fingerprint density at radius 3 is 2.43 bits per heavy atom. The Morgan fingerprint density at radius 1 is 1.38 bits per heavy atom. The number of aryl methyl sites for hydroxylation is 1. The summed E-state index contributed by atoms with van der Waals surface area (Å²) < 4.78 is 41.6. The van der Waals surface area contributed by atoms with Crippen LogP contribution < -0.4 is 5.32 Å². The number of benzene rings is 1. The van der Waals surface area contributed by atoms with Crippen LogP contribution in [0.5, 0.6) is 0 Å². The standard InChI is InChI=1S/C13H14F3NO4/c1-7-5-8(3-4-9(7)12(19)20)17-11(18)6-10(21-2)13(14,15)16/h3-5,10H,6H2,1-2H3,(H,17,18)(H,19,20). The first-order chi connectivity index (χ1) is 9.65. The molecule has 0 fully saturated rings. The molecule has 0 saturated heterocycles. The van der Waals surface area contributed by atoms with E-state index in [4.69, 9.17) is 5.11 Å². The molecule has 116 valence electrons. The molecule has 1 atom stereocenters. The maximum Gasteiger partial charge on any atom is 0.415 e. The molecule has 1 rings (SSSR count). The van der Waals surface area contributed by atoms with Gasteiger partial charge in [0.05, 0.1) is 12.0 Å². The monoisotopic (exact) mass is 305 g/mol. The summed E-state index contributed by atoms with van der Waals surface area (Å²) in [5, 5.41) is 11.1. The van der Waals surface area contributed by atoms with Crippen molar-refractivity contribution < 1.29 is 32.6 Å². The molecule has 0 radical (unpaired) electrons. The molecule has 0 aliphatic rings. The third kappa shape index (κ3) is 4.75. The number of carbonyl (C=O) groups is 2. The maximum atomic E-state index is 12.5. The summed E-state index contributed by atoms with van der Waals surface area (Å²) in [6.07, 6.45) is -7.69. The molecule has 21 heavy (non-hydrogen) atoms. The fourth-order valence-electron chi connectivity index (χ4n) is 1.69. The molecule has 0 aliphatic heterocycles. The molecule has 1 aromatic carbocycles. The number of hydrogen-bond acceptors (Lipinski definition) is 3. The zero-order chi connectivity index (χ0) is 16.2. The zero-order valence-corrected chi connectivity index (χ0v) is 11.3. The van der Waals surface area contributed by atoms with Gasteiger partial charge in [-0.15, -0.1) is 0 Å². The van der Waals surface area contributed by atoms with Gasteiger partial charge in [0.2, 0.25) is 5.91 Å². The van der Waals surface area contributed by atoms with Crippen LogP contribution in [-0.2, 0) is 9.53 Å². The lowest BCUT2D eigenvalue weighted by atomic mass is 10.1. The fourth-order valence-corrected chi connectivity index (χ4v) is 1.69. The zero-order valence-electron chi connectivity index (χ0n) is 11.3. The number of aromatic carboxylic acids is 1. The van der Waals surface area contributed by atoms with E-state index >= 15 is 0 Å². The summed E-state index contributed by atoms with van der Waals surface area (Å²) in [5.41, 5.74) is 0.664. The van der Waals surface area contributed by atoms with Crippen molar-refractivity contribution in [3.8, 4) is 0 Å². The molecule has 0 spiro atoms. The minimum atomic E-state index is -4.63. The number of halogens is 3. The van der Waals surface area contributed by atoms with Gasteiger partial charge in [0, 0.05) is 12.8 Å². The molecule has 1 unspecified atom stereocenters. The van der Waals surface area contributed by atoms with E-state index in [9.17, 15) is 22.8 Å². The molecule has 0 aliphatic carbocycles. The van der Waals surface area contributed by atoms with E-state index < -0.39 is 30.6 Å². The van der Waals surface area contributed by atoms with Crippen molar-refractivity contribution in [3.63, 3.8) is 0 Å². The van der Waals surface area contributed by atoms with Gasteiger partial charge >= 0.3 is 12.1 Å². The number of rotatable bonds is 5. The molecule has 0 heterocycles. The second kappa shape index (κ2) is 6.57. The Bertz CT molecular complexity index is 543. The predicted octanol–water partition coefficient (Wildman–Crippen LogP) is 2.60. The number of carboxylic acids is 1. The van der Waals surface area contributed by atoms with Crippen molar-refractivity contribution in [3.05, 3.63) is 29.3 Å². The first-order valence-electron chi connectivity index (χ1n) is 5.88. The van der Waals surface area contributed by atoms with Gasteiger partial charge in [-0.25, -0.2) is 4.79 Å². The fraction of sp³-hybridized carbons (Fsp3) is 0.385. The molecule has 5 nitrogen and oxygen atoms in total. The minimum absolute atomic E-state index is 0.0538. The van der Waals surface area contributed by atoms with Gasteiger partial charge in [0.1, 0.15) is 0 Å². The van der Waals surface area contributed by atoms with Gasteiger partial charge in [-0.05, 0) is 30.7 Å². The van der Waals surface area contributed by atoms with Gasteiger partial charge in [-0.1, -0.05) is 0 Å². The highest BCUT2D eigenvalue weighted by atomic mass is 19.4. The normalized spacial score (nSPS) is 12.8. The molecule has 1 aromatic rings. The molecule has 0 saturated carbocycles. The summed E-state index contributed by atoms with van der Waals surface area (Å²) in [6, 6.07) is 3.95. The third-order valence-corrected chi connectivity index (χ3v) is 2.76. The van der Waals surface area contributed by atoms with Gasteiger partial charge in [0.25, 0.3) is 0 Å². The Morgan fingerprint density at radius 2 is 2.00 bits per heavy atom. The average molecular weight is 305 g/mol. The van der Waals surface area contributed by atoms with E-state index in [2.05, 4.69) is 10.1 Å². The Kier molecular flexibility index (Phi) is 5.31. The quantitative estimate of drug-likeness (QED) is 0.876. The number of amides is 1. The van der Waals surface area contributed by atoms with Crippen molar-refractivity contribution in [2.24, 2.45) is 0 Å². The van der Waals surface area contributed by atoms with Gasteiger partial charge in [-0.2, -0.15) is 13.2 Å².